The van der Waals surface area contributed by atoms with Gasteiger partial charge >= 0.3 is 5.69 Å². The van der Waals surface area contributed by atoms with E-state index in [1.807, 2.05) is 0 Å². The number of nitrogens with zero attached hydrogens (tertiary/aromatic N) is 2. The van der Waals surface area contributed by atoms with Gasteiger partial charge in [0.15, 0.2) is 0 Å². The van der Waals surface area contributed by atoms with Crippen molar-refractivity contribution >= 4 is 0 Å². The van der Waals surface area contributed by atoms with Gasteiger partial charge < -0.3 is 5.11 Å². The lowest BCUT2D eigenvalue weighted by atomic mass is 10.6. The van der Waals surface area contributed by atoms with Crippen LogP contribution in [0.25, 0.3) is 0 Å². The Bertz CT molecular complexity index is 277. The zero-order chi connectivity index (χ0) is 7.72. The third kappa shape index (κ3) is 1.00. The first-order valence-corrected chi connectivity index (χ1v) is 2.84. The molecule has 0 fully saturated rings. The standard InChI is InChI=1S/C6H8N2O2/c1-7-3-5(9)4-8(2)6(7)10/h3-4H,1-2H3. The molecule has 1 aromatic rings. The molecule has 0 aliphatic heterocycles. The molecule has 1 rings (SSSR count). The molecule has 1 aromatic heterocycles. The molecule has 0 atom stereocenters. The van der Waals surface area contributed by atoms with E-state index in [0.29, 0.717) is 0 Å². The quantitative estimate of drug-likeness (QED) is 0.403. The summed E-state index contributed by atoms with van der Waals surface area (Å²) in [4.78, 5) is 10.9. The van der Waals surface area contributed by atoms with Crippen molar-refractivity contribution in [2.45, 2.75) is 0 Å². The van der Waals surface area contributed by atoms with E-state index in [4.69, 9.17) is 0 Å². The van der Waals surface area contributed by atoms with E-state index in [2.05, 4.69) is 0 Å². The van der Waals surface area contributed by atoms with Crippen LogP contribution in [0.5, 0.6) is 5.75 Å². The predicted molar refractivity (Wildman–Crippen MR) is 32.3 cm³/mol. The van der Waals surface area contributed by atoms with Crippen molar-refractivity contribution in [2.75, 3.05) is 0 Å². The second-order valence-corrected chi connectivity index (χ2v) is 2.16. The maximum Gasteiger partial charge on any atom is 0.497 e. The van der Waals surface area contributed by atoms with E-state index in [-0.39, 0.29) is 11.4 Å². The minimum absolute atomic E-state index is 0.162. The molecule has 0 aliphatic carbocycles. The van der Waals surface area contributed by atoms with Gasteiger partial charge in [-0.2, -0.15) is 4.79 Å². The summed E-state index contributed by atoms with van der Waals surface area (Å²) < 4.78 is 2.50. The van der Waals surface area contributed by atoms with E-state index in [0.717, 1.165) is 0 Å². The average Bonchev–Trinajstić information content (AvgIpc) is 1.82. The van der Waals surface area contributed by atoms with Crippen LogP contribution >= 0.6 is 0 Å². The summed E-state index contributed by atoms with van der Waals surface area (Å²) in [5.41, 5.74) is -0.195. The molecular formula is C6H8N2O2. The van der Waals surface area contributed by atoms with Crippen molar-refractivity contribution in [3.8, 4) is 5.75 Å². The van der Waals surface area contributed by atoms with Gasteiger partial charge in [0, 0.05) is 0 Å². The number of aromatic nitrogens is 2. The van der Waals surface area contributed by atoms with Gasteiger partial charge in [-0.05, 0) is 5.75 Å². The summed E-state index contributed by atoms with van der Waals surface area (Å²) in [5.74, 6) is -0.162. The third-order valence-corrected chi connectivity index (χ3v) is 1.25. The SMILES string of the molecule is Cn1cc([O-])c[n+](C)c1=O. The van der Waals surface area contributed by atoms with Crippen molar-refractivity contribution in [2.24, 2.45) is 14.1 Å². The van der Waals surface area contributed by atoms with Gasteiger partial charge in [-0.25, -0.2) is 9.13 Å². The Labute approximate surface area is 58.0 Å². The highest BCUT2D eigenvalue weighted by atomic mass is 16.3. The monoisotopic (exact) mass is 140 g/mol. The molecule has 4 nitrogen and oxygen atoms in total. The molecule has 0 spiro atoms. The number of rotatable bonds is 0. The van der Waals surface area contributed by atoms with Gasteiger partial charge in [0.1, 0.15) is 0 Å². The Morgan fingerprint density at radius 1 is 1.70 bits per heavy atom. The van der Waals surface area contributed by atoms with Crippen LogP contribution in [0.2, 0.25) is 0 Å². The van der Waals surface area contributed by atoms with Gasteiger partial charge in [0.25, 0.3) is 0 Å². The minimum atomic E-state index is -0.195. The molecule has 0 unspecified atom stereocenters. The maximum absolute atomic E-state index is 10.9. The smallest absolute Gasteiger partial charge is 0.497 e. The highest BCUT2D eigenvalue weighted by molar-refractivity contribution is 5.02. The summed E-state index contributed by atoms with van der Waals surface area (Å²) in [6, 6.07) is 0. The summed E-state index contributed by atoms with van der Waals surface area (Å²) in [6.45, 7) is 0. The van der Waals surface area contributed by atoms with Crippen molar-refractivity contribution in [1.29, 1.82) is 0 Å². The molecule has 0 saturated heterocycles. The minimum Gasteiger partial charge on any atom is -0.868 e. The Kier molecular flexibility index (Phi) is 1.45. The van der Waals surface area contributed by atoms with E-state index in [1.54, 1.807) is 14.1 Å². The number of aryl methyl sites for hydroxylation is 2. The number of hydrogen-bond acceptors (Lipinski definition) is 2. The molecule has 0 radical (unpaired) electrons. The van der Waals surface area contributed by atoms with Gasteiger partial charge in [0.2, 0.25) is 0 Å². The van der Waals surface area contributed by atoms with Crippen molar-refractivity contribution in [3.63, 3.8) is 0 Å². The lowest BCUT2D eigenvalue weighted by Crippen LogP contribution is -2.50. The van der Waals surface area contributed by atoms with Crippen molar-refractivity contribution in [1.82, 2.24) is 4.57 Å². The average molecular weight is 140 g/mol. The van der Waals surface area contributed by atoms with Crippen LogP contribution in [0.15, 0.2) is 17.2 Å². The van der Waals surface area contributed by atoms with E-state index in [1.165, 1.54) is 21.5 Å². The molecule has 4 heteroatoms. The maximum atomic E-state index is 10.9. The van der Waals surface area contributed by atoms with Gasteiger partial charge in [-0.3, -0.25) is 0 Å². The molecule has 0 aliphatic rings. The van der Waals surface area contributed by atoms with E-state index < -0.39 is 0 Å². The Morgan fingerprint density at radius 3 is 2.80 bits per heavy atom. The molecular weight excluding hydrogens is 132 g/mol. The van der Waals surface area contributed by atoms with E-state index >= 15 is 0 Å². The van der Waals surface area contributed by atoms with Crippen LogP contribution in [0.3, 0.4) is 0 Å². The topological polar surface area (TPSA) is 48.9 Å². The molecule has 0 saturated carbocycles. The summed E-state index contributed by atoms with van der Waals surface area (Å²) in [7, 11) is 3.09. The Balaban J connectivity index is 3.46. The zero-order valence-corrected chi connectivity index (χ0v) is 5.87. The zero-order valence-electron chi connectivity index (χ0n) is 5.87. The molecule has 10 heavy (non-hydrogen) atoms. The normalized spacial score (nSPS) is 9.80. The summed E-state index contributed by atoms with van der Waals surface area (Å²) in [5, 5.41) is 10.7. The van der Waals surface area contributed by atoms with Crippen LogP contribution < -0.4 is 15.4 Å². The molecule has 0 N–H and O–H groups in total. The Morgan fingerprint density at radius 2 is 2.30 bits per heavy atom. The third-order valence-electron chi connectivity index (χ3n) is 1.25. The van der Waals surface area contributed by atoms with Gasteiger partial charge in [-0.15, -0.1) is 0 Å². The fourth-order valence-electron chi connectivity index (χ4n) is 0.774. The highest BCUT2D eigenvalue weighted by Gasteiger charge is 1.99. The largest absolute Gasteiger partial charge is 0.868 e. The summed E-state index contributed by atoms with van der Waals surface area (Å²) >= 11 is 0. The molecule has 54 valence electrons. The Hall–Kier alpha value is -1.32. The summed E-state index contributed by atoms with van der Waals surface area (Å²) in [6.07, 6.45) is 2.50. The number of hydrogen-bond donors (Lipinski definition) is 0. The fraction of sp³-hybridized carbons (Fsp3) is 0.333. The van der Waals surface area contributed by atoms with Crippen molar-refractivity contribution in [3.05, 3.63) is 22.9 Å². The molecule has 0 aromatic carbocycles. The first kappa shape index (κ1) is 6.80. The molecule has 0 bridgehead atoms. The second kappa shape index (κ2) is 2.13. The van der Waals surface area contributed by atoms with Crippen LogP contribution in [-0.2, 0) is 14.1 Å². The van der Waals surface area contributed by atoms with Crippen LogP contribution in [0.4, 0.5) is 0 Å². The molecule has 0 amide bonds. The second-order valence-electron chi connectivity index (χ2n) is 2.16. The molecule has 1 heterocycles. The lowest BCUT2D eigenvalue weighted by molar-refractivity contribution is -0.693. The fourth-order valence-corrected chi connectivity index (χ4v) is 0.774. The van der Waals surface area contributed by atoms with Crippen molar-refractivity contribution < 1.29 is 9.67 Å². The highest BCUT2D eigenvalue weighted by Crippen LogP contribution is 1.90. The first-order valence-electron chi connectivity index (χ1n) is 2.84. The first-order chi connectivity index (χ1) is 4.61. The predicted octanol–water partition coefficient (Wildman–Crippen LogP) is -1.72. The van der Waals surface area contributed by atoms with Crippen LogP contribution in [0.1, 0.15) is 0 Å². The van der Waals surface area contributed by atoms with E-state index in [9.17, 15) is 9.90 Å². The van der Waals surface area contributed by atoms with Crippen LogP contribution in [0, 0.1) is 0 Å². The van der Waals surface area contributed by atoms with Gasteiger partial charge in [-0.1, -0.05) is 0 Å². The van der Waals surface area contributed by atoms with Crippen LogP contribution in [-0.4, -0.2) is 4.57 Å². The lowest BCUT2D eigenvalue weighted by Gasteiger charge is -2.01. The van der Waals surface area contributed by atoms with Gasteiger partial charge in [0.05, 0.1) is 26.5 Å².